The molecule has 110 valence electrons. The van der Waals surface area contributed by atoms with Gasteiger partial charge >= 0.3 is 0 Å². The Balaban J connectivity index is 2.19. The summed E-state index contributed by atoms with van der Waals surface area (Å²) in [7, 11) is 0. The Morgan fingerprint density at radius 1 is 1.10 bits per heavy atom. The van der Waals surface area contributed by atoms with Gasteiger partial charge in [-0.2, -0.15) is 0 Å². The van der Waals surface area contributed by atoms with Crippen LogP contribution in [-0.2, 0) is 0 Å². The van der Waals surface area contributed by atoms with E-state index in [1.54, 1.807) is 12.1 Å². The largest absolute Gasteiger partial charge is 0.350 e. The second-order valence-corrected chi connectivity index (χ2v) is 5.31. The molecule has 0 saturated carbocycles. The van der Waals surface area contributed by atoms with E-state index in [4.69, 9.17) is 0 Å². The number of nitrogens with one attached hydrogen (secondary N) is 2. The molecule has 5 nitrogen and oxygen atoms in total. The van der Waals surface area contributed by atoms with E-state index in [0.29, 0.717) is 11.5 Å². The number of carbonyl (C=O) groups is 1. The molecule has 1 heterocycles. The average molecular weight is 284 g/mol. The Hall–Kier alpha value is -2.43. The monoisotopic (exact) mass is 284 g/mol. The summed E-state index contributed by atoms with van der Waals surface area (Å²) in [6.45, 7) is 7.71. The number of aromatic nitrogens is 2. The number of rotatable bonds is 4. The predicted octanol–water partition coefficient (Wildman–Crippen LogP) is 2.98. The van der Waals surface area contributed by atoms with Gasteiger partial charge in [-0.25, -0.2) is 9.97 Å². The van der Waals surface area contributed by atoms with E-state index in [9.17, 15) is 4.79 Å². The first kappa shape index (κ1) is 15.0. The summed E-state index contributed by atoms with van der Waals surface area (Å²) in [5.74, 6) is 0.448. The maximum Gasteiger partial charge on any atom is 0.251 e. The molecule has 1 aromatic heterocycles. The summed E-state index contributed by atoms with van der Waals surface area (Å²) in [4.78, 5) is 20.7. The van der Waals surface area contributed by atoms with Crippen LogP contribution in [0.25, 0.3) is 0 Å². The molecule has 5 heteroatoms. The minimum atomic E-state index is -0.0880. The third kappa shape index (κ3) is 4.27. The molecule has 0 fully saturated rings. The third-order valence-electron chi connectivity index (χ3n) is 2.78. The highest BCUT2D eigenvalue weighted by molar-refractivity contribution is 5.95. The van der Waals surface area contributed by atoms with Gasteiger partial charge in [0.15, 0.2) is 0 Å². The summed E-state index contributed by atoms with van der Waals surface area (Å²) >= 11 is 0. The first-order chi connectivity index (χ1) is 9.94. The Morgan fingerprint density at radius 2 is 1.76 bits per heavy atom. The molecule has 0 bridgehead atoms. The molecule has 21 heavy (non-hydrogen) atoms. The highest BCUT2D eigenvalue weighted by Crippen LogP contribution is 2.15. The number of benzene rings is 1. The van der Waals surface area contributed by atoms with Gasteiger partial charge in [0.1, 0.15) is 0 Å². The fraction of sp³-hybridized carbons (Fsp3) is 0.312. The highest BCUT2D eigenvalue weighted by Gasteiger charge is 2.08. The van der Waals surface area contributed by atoms with Crippen molar-refractivity contribution in [2.45, 2.75) is 33.7 Å². The van der Waals surface area contributed by atoms with Crippen LogP contribution in [0.15, 0.2) is 30.3 Å². The van der Waals surface area contributed by atoms with Crippen LogP contribution in [0.4, 0.5) is 11.6 Å². The van der Waals surface area contributed by atoms with E-state index in [-0.39, 0.29) is 11.9 Å². The lowest BCUT2D eigenvalue weighted by Crippen LogP contribution is -2.30. The van der Waals surface area contributed by atoms with Crippen molar-refractivity contribution in [1.82, 2.24) is 15.3 Å². The van der Waals surface area contributed by atoms with Gasteiger partial charge in [0.25, 0.3) is 5.91 Å². The summed E-state index contributed by atoms with van der Waals surface area (Å²) in [5, 5.41) is 6.00. The maximum absolute atomic E-state index is 12.0. The number of hydrogen-bond acceptors (Lipinski definition) is 4. The smallest absolute Gasteiger partial charge is 0.251 e. The SMILES string of the molecule is Cc1cc(C)nc(Nc2cccc(C(=O)NC(C)C)c2)n1. The van der Waals surface area contributed by atoms with E-state index in [1.807, 2.05) is 45.9 Å². The van der Waals surface area contributed by atoms with Crippen molar-refractivity contribution in [3.05, 3.63) is 47.3 Å². The van der Waals surface area contributed by atoms with E-state index in [0.717, 1.165) is 17.1 Å². The molecule has 2 rings (SSSR count). The Bertz CT molecular complexity index is 632. The van der Waals surface area contributed by atoms with Crippen molar-refractivity contribution in [1.29, 1.82) is 0 Å². The number of aryl methyl sites for hydroxylation is 2. The van der Waals surface area contributed by atoms with Crippen molar-refractivity contribution < 1.29 is 4.79 Å². The fourth-order valence-electron chi connectivity index (χ4n) is 1.99. The number of hydrogen-bond donors (Lipinski definition) is 2. The highest BCUT2D eigenvalue weighted by atomic mass is 16.1. The standard InChI is InChI=1S/C16H20N4O/c1-10(2)17-15(21)13-6-5-7-14(9-13)20-16-18-11(3)8-12(4)19-16/h5-10H,1-4H3,(H,17,21)(H,18,19,20). The van der Waals surface area contributed by atoms with Crippen LogP contribution in [0.2, 0.25) is 0 Å². The summed E-state index contributed by atoms with van der Waals surface area (Å²) < 4.78 is 0. The summed E-state index contributed by atoms with van der Waals surface area (Å²) in [5.41, 5.74) is 3.20. The van der Waals surface area contributed by atoms with Crippen LogP contribution in [0.5, 0.6) is 0 Å². The van der Waals surface area contributed by atoms with Gasteiger partial charge in [-0.05, 0) is 52.0 Å². The Kier molecular flexibility index (Phi) is 4.52. The fourth-order valence-corrected chi connectivity index (χ4v) is 1.99. The zero-order chi connectivity index (χ0) is 15.4. The molecule has 1 aromatic carbocycles. The lowest BCUT2D eigenvalue weighted by Gasteiger charge is -2.10. The molecule has 0 aliphatic rings. The van der Waals surface area contributed by atoms with Crippen LogP contribution >= 0.6 is 0 Å². The lowest BCUT2D eigenvalue weighted by atomic mass is 10.2. The molecule has 0 spiro atoms. The van der Waals surface area contributed by atoms with Crippen molar-refractivity contribution in [3.8, 4) is 0 Å². The normalized spacial score (nSPS) is 10.5. The summed E-state index contributed by atoms with van der Waals surface area (Å²) in [6, 6.07) is 9.31. The molecule has 2 N–H and O–H groups in total. The molecule has 0 aliphatic carbocycles. The number of nitrogens with zero attached hydrogens (tertiary/aromatic N) is 2. The molecular weight excluding hydrogens is 264 g/mol. The van der Waals surface area contributed by atoms with Gasteiger partial charge in [0.05, 0.1) is 0 Å². The number of anilines is 2. The van der Waals surface area contributed by atoms with Crippen molar-refractivity contribution in [2.75, 3.05) is 5.32 Å². The van der Waals surface area contributed by atoms with Crippen molar-refractivity contribution in [2.24, 2.45) is 0 Å². The van der Waals surface area contributed by atoms with Gasteiger partial charge in [-0.1, -0.05) is 6.07 Å². The molecule has 0 unspecified atom stereocenters. The second-order valence-electron chi connectivity index (χ2n) is 5.31. The minimum absolute atomic E-state index is 0.0880. The van der Waals surface area contributed by atoms with Crippen molar-refractivity contribution in [3.63, 3.8) is 0 Å². The van der Waals surface area contributed by atoms with Crippen LogP contribution < -0.4 is 10.6 Å². The molecule has 0 aliphatic heterocycles. The first-order valence-electron chi connectivity index (χ1n) is 6.94. The van der Waals surface area contributed by atoms with E-state index in [2.05, 4.69) is 20.6 Å². The van der Waals surface area contributed by atoms with Gasteiger partial charge < -0.3 is 10.6 Å². The zero-order valence-corrected chi connectivity index (χ0v) is 12.8. The Morgan fingerprint density at radius 3 is 2.38 bits per heavy atom. The minimum Gasteiger partial charge on any atom is -0.350 e. The quantitative estimate of drug-likeness (QED) is 0.905. The van der Waals surface area contributed by atoms with Crippen LogP contribution in [0.3, 0.4) is 0 Å². The van der Waals surface area contributed by atoms with Gasteiger partial charge in [-0.15, -0.1) is 0 Å². The predicted molar refractivity (Wildman–Crippen MR) is 83.8 cm³/mol. The van der Waals surface area contributed by atoms with Crippen LogP contribution in [0.1, 0.15) is 35.6 Å². The summed E-state index contributed by atoms with van der Waals surface area (Å²) in [6.07, 6.45) is 0. The Labute approximate surface area is 124 Å². The van der Waals surface area contributed by atoms with Gasteiger partial charge in [0.2, 0.25) is 5.95 Å². The van der Waals surface area contributed by atoms with E-state index in [1.165, 1.54) is 0 Å². The van der Waals surface area contributed by atoms with E-state index < -0.39 is 0 Å². The average Bonchev–Trinajstić information content (AvgIpc) is 2.37. The van der Waals surface area contributed by atoms with Gasteiger partial charge in [0, 0.05) is 28.7 Å². The molecule has 1 amide bonds. The van der Waals surface area contributed by atoms with Gasteiger partial charge in [-0.3, -0.25) is 4.79 Å². The van der Waals surface area contributed by atoms with Crippen LogP contribution in [0, 0.1) is 13.8 Å². The molecular formula is C16H20N4O. The van der Waals surface area contributed by atoms with E-state index >= 15 is 0 Å². The zero-order valence-electron chi connectivity index (χ0n) is 12.8. The van der Waals surface area contributed by atoms with Crippen molar-refractivity contribution >= 4 is 17.5 Å². The molecule has 0 saturated heterocycles. The molecule has 0 radical (unpaired) electrons. The first-order valence-corrected chi connectivity index (χ1v) is 6.94. The topological polar surface area (TPSA) is 66.9 Å². The third-order valence-corrected chi connectivity index (χ3v) is 2.78. The number of amides is 1. The van der Waals surface area contributed by atoms with Crippen LogP contribution in [-0.4, -0.2) is 21.9 Å². The lowest BCUT2D eigenvalue weighted by molar-refractivity contribution is 0.0943. The number of carbonyl (C=O) groups excluding carboxylic acids is 1. The second kappa shape index (κ2) is 6.35. The maximum atomic E-state index is 12.0. The molecule has 2 aromatic rings. The molecule has 0 atom stereocenters.